The highest BCUT2D eigenvalue weighted by atomic mass is 16.5. The molecule has 0 bridgehead atoms. The van der Waals surface area contributed by atoms with Crippen LogP contribution in [0.25, 0.3) is 10.9 Å². The molecule has 3 aromatic carbocycles. The number of carbonyl (C=O) groups excluding carboxylic acids is 2. The van der Waals surface area contributed by atoms with Crippen LogP contribution >= 0.6 is 0 Å². The summed E-state index contributed by atoms with van der Waals surface area (Å²) in [7, 11) is 0. The molecule has 10 nitrogen and oxygen atoms in total. The van der Waals surface area contributed by atoms with Gasteiger partial charge in [0, 0.05) is 61.6 Å². The maximum atomic E-state index is 12.9. The van der Waals surface area contributed by atoms with E-state index in [-0.39, 0.29) is 17.9 Å². The largest absolute Gasteiger partial charge is 0.371 e. The number of nitrogens with one attached hydrogen (secondary N) is 3. The van der Waals surface area contributed by atoms with E-state index in [4.69, 9.17) is 14.7 Å². The first kappa shape index (κ1) is 26.7. The van der Waals surface area contributed by atoms with Gasteiger partial charge in [-0.15, -0.1) is 0 Å². The van der Waals surface area contributed by atoms with Crippen molar-refractivity contribution in [3.8, 4) is 0 Å². The molecule has 3 heterocycles. The van der Waals surface area contributed by atoms with E-state index in [1.807, 2.05) is 36.4 Å². The number of piperazine rings is 1. The van der Waals surface area contributed by atoms with Crippen molar-refractivity contribution < 1.29 is 14.3 Å². The van der Waals surface area contributed by atoms with Crippen LogP contribution in [-0.4, -0.2) is 72.6 Å². The maximum absolute atomic E-state index is 12.9. The topological polar surface area (TPSA) is 112 Å². The molecule has 6 rings (SSSR count). The molecule has 4 aromatic rings. The Kier molecular flexibility index (Phi) is 7.75. The summed E-state index contributed by atoms with van der Waals surface area (Å²) in [5, 5.41) is 10.6. The molecule has 10 heteroatoms. The van der Waals surface area contributed by atoms with Gasteiger partial charge in [0.1, 0.15) is 5.82 Å². The second kappa shape index (κ2) is 11.9. The lowest BCUT2D eigenvalue weighted by Crippen LogP contribution is -2.50. The second-order valence-corrected chi connectivity index (χ2v) is 10.2. The summed E-state index contributed by atoms with van der Waals surface area (Å²) in [5.74, 6) is 1.36. The molecule has 0 aliphatic carbocycles. The number of morpholine rings is 1. The highest BCUT2D eigenvalue weighted by Crippen LogP contribution is 2.28. The lowest BCUT2D eigenvalue weighted by Gasteiger charge is -2.35. The van der Waals surface area contributed by atoms with Crippen molar-refractivity contribution in [2.45, 2.75) is 13.0 Å². The van der Waals surface area contributed by atoms with E-state index in [1.54, 1.807) is 29.2 Å². The Hall–Kier alpha value is -4.54. The SMILES string of the molecule is CC(=O)c1ccc(NC(=O)N2CCN(c3nc(Nc4ccc(C5CNCCO5)cc4)nc4ccccc34)CC2)cc1. The number of urea groups is 1. The zero-order chi connectivity index (χ0) is 28.2. The number of benzene rings is 3. The minimum atomic E-state index is -0.159. The van der Waals surface area contributed by atoms with E-state index < -0.39 is 0 Å². The molecule has 2 aliphatic rings. The van der Waals surface area contributed by atoms with Crippen LogP contribution in [0.3, 0.4) is 0 Å². The third-order valence-electron chi connectivity index (χ3n) is 7.46. The quantitative estimate of drug-likeness (QED) is 0.299. The molecule has 2 amide bonds. The molecule has 2 fully saturated rings. The summed E-state index contributed by atoms with van der Waals surface area (Å²) in [6.07, 6.45) is 0.0642. The molecule has 0 radical (unpaired) electrons. The van der Waals surface area contributed by atoms with Crippen molar-refractivity contribution in [1.82, 2.24) is 20.2 Å². The number of fused-ring (bicyclic) bond motifs is 1. The standard InChI is InChI=1S/C31H33N7O3/c1-21(39)22-6-10-25(11-7-22)34-31(40)38-17-15-37(16-18-38)29-26-4-2-3-5-27(26)35-30(36-29)33-24-12-8-23(9-13-24)28-20-32-14-19-41-28/h2-13,28,32H,14-20H2,1H3,(H,34,40)(H,33,35,36). The molecular weight excluding hydrogens is 518 g/mol. The van der Waals surface area contributed by atoms with Crippen LogP contribution in [0.4, 0.5) is 27.9 Å². The summed E-state index contributed by atoms with van der Waals surface area (Å²) in [6.45, 7) is 6.33. The van der Waals surface area contributed by atoms with Gasteiger partial charge in [0.2, 0.25) is 5.95 Å². The van der Waals surface area contributed by atoms with E-state index >= 15 is 0 Å². The van der Waals surface area contributed by atoms with Gasteiger partial charge in [-0.05, 0) is 61.0 Å². The fraction of sp³-hybridized carbons (Fsp3) is 0.290. The highest BCUT2D eigenvalue weighted by molar-refractivity contribution is 5.95. The Labute approximate surface area is 238 Å². The van der Waals surface area contributed by atoms with Gasteiger partial charge in [-0.25, -0.2) is 9.78 Å². The van der Waals surface area contributed by atoms with Crippen LogP contribution in [0.5, 0.6) is 0 Å². The first-order valence-corrected chi connectivity index (χ1v) is 13.9. The van der Waals surface area contributed by atoms with Gasteiger partial charge in [-0.1, -0.05) is 24.3 Å². The van der Waals surface area contributed by atoms with E-state index in [0.29, 0.717) is 50.0 Å². The molecule has 41 heavy (non-hydrogen) atoms. The lowest BCUT2D eigenvalue weighted by atomic mass is 10.1. The van der Waals surface area contributed by atoms with Gasteiger partial charge in [-0.3, -0.25) is 4.79 Å². The molecule has 1 atom stereocenters. The fourth-order valence-corrected chi connectivity index (χ4v) is 5.16. The molecule has 0 saturated carbocycles. The predicted octanol–water partition coefficient (Wildman–Crippen LogP) is 4.59. The van der Waals surface area contributed by atoms with Gasteiger partial charge >= 0.3 is 6.03 Å². The number of carbonyl (C=O) groups is 2. The summed E-state index contributed by atoms with van der Waals surface area (Å²) in [4.78, 5) is 38.1. The zero-order valence-corrected chi connectivity index (χ0v) is 23.0. The molecule has 3 N–H and O–H groups in total. The van der Waals surface area contributed by atoms with Gasteiger partial charge in [0.25, 0.3) is 0 Å². The van der Waals surface area contributed by atoms with Crippen LogP contribution in [-0.2, 0) is 4.74 Å². The van der Waals surface area contributed by atoms with Crippen LogP contribution in [0.2, 0.25) is 0 Å². The zero-order valence-electron chi connectivity index (χ0n) is 23.0. The lowest BCUT2D eigenvalue weighted by molar-refractivity contribution is 0.0277. The normalized spacial score (nSPS) is 17.3. The Morgan fingerprint density at radius 1 is 0.902 bits per heavy atom. The third-order valence-corrected chi connectivity index (χ3v) is 7.46. The highest BCUT2D eigenvalue weighted by Gasteiger charge is 2.24. The molecule has 0 spiro atoms. The van der Waals surface area contributed by atoms with E-state index in [0.717, 1.165) is 41.1 Å². The number of Topliss-reactive ketones (excluding diaryl/α,β-unsaturated/α-hetero) is 1. The van der Waals surface area contributed by atoms with Crippen molar-refractivity contribution in [3.63, 3.8) is 0 Å². The fourth-order valence-electron chi connectivity index (χ4n) is 5.16. The number of aromatic nitrogens is 2. The van der Waals surface area contributed by atoms with E-state index in [1.165, 1.54) is 6.92 Å². The van der Waals surface area contributed by atoms with Crippen LogP contribution in [0, 0.1) is 0 Å². The summed E-state index contributed by atoms with van der Waals surface area (Å²) < 4.78 is 5.86. The van der Waals surface area contributed by atoms with Crippen molar-refractivity contribution >= 4 is 45.9 Å². The number of ketones is 1. The summed E-state index contributed by atoms with van der Waals surface area (Å²) >= 11 is 0. The number of hydrogen-bond acceptors (Lipinski definition) is 8. The van der Waals surface area contributed by atoms with Crippen molar-refractivity contribution in [3.05, 3.63) is 83.9 Å². The number of anilines is 4. The molecule has 2 saturated heterocycles. The number of rotatable bonds is 6. The smallest absolute Gasteiger partial charge is 0.321 e. The van der Waals surface area contributed by atoms with Gasteiger partial charge < -0.3 is 30.5 Å². The molecule has 1 aromatic heterocycles. The average molecular weight is 552 g/mol. The second-order valence-electron chi connectivity index (χ2n) is 10.2. The molecule has 210 valence electrons. The van der Waals surface area contributed by atoms with E-state index in [2.05, 4.69) is 33.0 Å². The molecular formula is C31H33N7O3. The minimum absolute atomic E-state index is 0.00459. The number of nitrogens with zero attached hydrogens (tertiary/aromatic N) is 4. The first-order valence-electron chi connectivity index (χ1n) is 13.9. The molecule has 2 aliphatic heterocycles. The monoisotopic (exact) mass is 551 g/mol. The van der Waals surface area contributed by atoms with Gasteiger partial charge in [-0.2, -0.15) is 4.98 Å². The Morgan fingerprint density at radius 2 is 1.63 bits per heavy atom. The Bertz CT molecular complexity index is 1530. The van der Waals surface area contributed by atoms with Crippen LogP contribution < -0.4 is 20.9 Å². The molecule has 1 unspecified atom stereocenters. The Morgan fingerprint density at radius 3 is 2.34 bits per heavy atom. The maximum Gasteiger partial charge on any atom is 0.321 e. The van der Waals surface area contributed by atoms with Crippen LogP contribution in [0.15, 0.2) is 72.8 Å². The number of hydrogen-bond donors (Lipinski definition) is 3. The number of para-hydroxylation sites is 1. The average Bonchev–Trinajstić information content (AvgIpc) is 3.02. The minimum Gasteiger partial charge on any atom is -0.371 e. The number of ether oxygens (including phenoxy) is 1. The predicted molar refractivity (Wildman–Crippen MR) is 160 cm³/mol. The first-order chi connectivity index (χ1) is 20.0. The van der Waals surface area contributed by atoms with Crippen molar-refractivity contribution in [1.29, 1.82) is 0 Å². The third kappa shape index (κ3) is 6.13. The Balaban J connectivity index is 1.13. The summed E-state index contributed by atoms with van der Waals surface area (Å²) in [5.41, 5.74) is 4.17. The van der Waals surface area contributed by atoms with Gasteiger partial charge in [0.15, 0.2) is 5.78 Å². The van der Waals surface area contributed by atoms with Crippen molar-refractivity contribution in [2.75, 3.05) is 61.4 Å². The summed E-state index contributed by atoms with van der Waals surface area (Å²) in [6, 6.07) is 23.0. The van der Waals surface area contributed by atoms with E-state index in [9.17, 15) is 9.59 Å². The van der Waals surface area contributed by atoms with Crippen molar-refractivity contribution in [2.24, 2.45) is 0 Å². The van der Waals surface area contributed by atoms with Gasteiger partial charge in [0.05, 0.1) is 18.2 Å². The van der Waals surface area contributed by atoms with Crippen LogP contribution in [0.1, 0.15) is 28.9 Å². The number of amides is 2.